The summed E-state index contributed by atoms with van der Waals surface area (Å²) in [5.41, 5.74) is 0.432. The summed E-state index contributed by atoms with van der Waals surface area (Å²) in [7, 11) is 0. The number of rotatable bonds is 8. The van der Waals surface area contributed by atoms with Crippen molar-refractivity contribution in [3.05, 3.63) is 57.5 Å². The van der Waals surface area contributed by atoms with E-state index in [1.54, 1.807) is 32.0 Å². The quantitative estimate of drug-likeness (QED) is 0.626. The molecule has 1 aromatic heterocycles. The van der Waals surface area contributed by atoms with Crippen molar-refractivity contribution < 1.29 is 23.5 Å². The van der Waals surface area contributed by atoms with E-state index in [2.05, 4.69) is 5.32 Å². The molecule has 0 aliphatic carbocycles. The van der Waals surface area contributed by atoms with E-state index < -0.39 is 17.9 Å². The lowest BCUT2D eigenvalue weighted by molar-refractivity contribution is -0.148. The van der Waals surface area contributed by atoms with Crippen molar-refractivity contribution in [1.29, 1.82) is 0 Å². The fourth-order valence-corrected chi connectivity index (χ4v) is 3.32. The highest BCUT2D eigenvalue weighted by Gasteiger charge is 2.34. The highest BCUT2D eigenvalue weighted by atomic mass is 35.5. The van der Waals surface area contributed by atoms with E-state index in [4.69, 9.17) is 32.4 Å². The smallest absolute Gasteiger partial charge is 0.333 e. The summed E-state index contributed by atoms with van der Waals surface area (Å²) in [6, 6.07) is 6.70. The third-order valence-electron chi connectivity index (χ3n) is 4.01. The largest absolute Gasteiger partial charge is 0.464 e. The topological polar surface area (TPSA) is 88.9 Å². The lowest BCUT2D eigenvalue weighted by Crippen LogP contribution is -2.39. The van der Waals surface area contributed by atoms with Crippen LogP contribution in [0.2, 0.25) is 10.0 Å². The Balaban J connectivity index is 2.37. The van der Waals surface area contributed by atoms with Gasteiger partial charge in [0.2, 0.25) is 5.91 Å². The van der Waals surface area contributed by atoms with Gasteiger partial charge in [-0.2, -0.15) is 0 Å². The fourth-order valence-electron chi connectivity index (χ4n) is 2.78. The molecule has 1 atom stereocenters. The van der Waals surface area contributed by atoms with E-state index in [0.717, 1.165) is 0 Å². The van der Waals surface area contributed by atoms with Crippen molar-refractivity contribution in [3.63, 3.8) is 0 Å². The number of likely N-dealkylation sites (N-methyl/N-ethyl adjacent to an activating group) is 1. The fraction of sp³-hybridized carbons (Fsp3) is 0.350. The Hall–Kier alpha value is -2.51. The minimum Gasteiger partial charge on any atom is -0.464 e. The zero-order valence-corrected chi connectivity index (χ0v) is 17.8. The van der Waals surface area contributed by atoms with E-state index in [9.17, 15) is 14.4 Å². The molecule has 7 nitrogen and oxygen atoms in total. The molecular formula is C20H22Cl2N2O5. The van der Waals surface area contributed by atoms with Crippen LogP contribution >= 0.6 is 23.2 Å². The Kier molecular flexibility index (Phi) is 8.10. The van der Waals surface area contributed by atoms with Gasteiger partial charge in [-0.1, -0.05) is 23.2 Å². The lowest BCUT2D eigenvalue weighted by Gasteiger charge is -2.29. The Bertz CT molecular complexity index is 876. The number of amides is 2. The number of nitrogens with zero attached hydrogens (tertiary/aromatic N) is 1. The third kappa shape index (κ3) is 5.98. The number of esters is 1. The molecule has 0 bridgehead atoms. The first-order valence-corrected chi connectivity index (χ1v) is 9.79. The molecule has 0 unspecified atom stereocenters. The maximum Gasteiger partial charge on any atom is 0.333 e. The van der Waals surface area contributed by atoms with Gasteiger partial charge in [0.1, 0.15) is 5.76 Å². The van der Waals surface area contributed by atoms with Gasteiger partial charge in [-0.15, -0.1) is 0 Å². The van der Waals surface area contributed by atoms with Crippen LogP contribution in [0, 0.1) is 0 Å². The van der Waals surface area contributed by atoms with E-state index >= 15 is 0 Å². The first-order chi connectivity index (χ1) is 13.8. The third-order valence-corrected chi connectivity index (χ3v) is 4.44. The number of furan rings is 1. The molecule has 0 spiro atoms. The van der Waals surface area contributed by atoms with E-state index in [0.29, 0.717) is 21.4 Å². The minimum atomic E-state index is -1.05. The predicted molar refractivity (Wildman–Crippen MR) is 109 cm³/mol. The van der Waals surface area contributed by atoms with Gasteiger partial charge in [0, 0.05) is 23.5 Å². The number of ether oxygens (including phenoxy) is 1. The molecular weight excluding hydrogens is 419 g/mol. The summed E-state index contributed by atoms with van der Waals surface area (Å²) >= 11 is 12.2. The van der Waals surface area contributed by atoms with Crippen LogP contribution in [0.15, 0.2) is 34.7 Å². The summed E-state index contributed by atoms with van der Waals surface area (Å²) in [6.07, 6.45) is 0. The maximum absolute atomic E-state index is 13.1. The summed E-state index contributed by atoms with van der Waals surface area (Å²) in [4.78, 5) is 38.2. The molecule has 9 heteroatoms. The van der Waals surface area contributed by atoms with Gasteiger partial charge in [-0.25, -0.2) is 4.79 Å². The van der Waals surface area contributed by atoms with Crippen molar-refractivity contribution in [1.82, 2.24) is 10.2 Å². The molecule has 0 fully saturated rings. The number of hydrogen-bond donors (Lipinski definition) is 1. The van der Waals surface area contributed by atoms with E-state index in [1.807, 2.05) is 0 Å². The van der Waals surface area contributed by atoms with Crippen LogP contribution in [0.5, 0.6) is 0 Å². The molecule has 0 saturated carbocycles. The Morgan fingerprint density at radius 1 is 1.14 bits per heavy atom. The van der Waals surface area contributed by atoms with Gasteiger partial charge in [-0.05, 0) is 49.7 Å². The maximum atomic E-state index is 13.1. The van der Waals surface area contributed by atoms with Crippen LogP contribution in [-0.4, -0.2) is 35.8 Å². The molecule has 0 aliphatic heterocycles. The van der Waals surface area contributed by atoms with Gasteiger partial charge in [0.25, 0.3) is 5.91 Å². The highest BCUT2D eigenvalue weighted by molar-refractivity contribution is 6.34. The Morgan fingerprint density at radius 2 is 1.79 bits per heavy atom. The number of carbonyl (C=O) groups excluding carboxylic acids is 3. The van der Waals surface area contributed by atoms with Gasteiger partial charge >= 0.3 is 5.97 Å². The summed E-state index contributed by atoms with van der Waals surface area (Å²) < 4.78 is 10.7. The van der Waals surface area contributed by atoms with Crippen molar-refractivity contribution in [2.75, 3.05) is 13.2 Å². The summed E-state index contributed by atoms with van der Waals surface area (Å²) in [6.45, 7) is 5.30. The van der Waals surface area contributed by atoms with Crippen molar-refractivity contribution >= 4 is 41.0 Å². The van der Waals surface area contributed by atoms with Crippen molar-refractivity contribution in [2.45, 2.75) is 33.4 Å². The van der Waals surface area contributed by atoms with Crippen LogP contribution in [0.3, 0.4) is 0 Å². The molecule has 0 radical (unpaired) electrons. The van der Waals surface area contributed by atoms with Gasteiger partial charge in [0.15, 0.2) is 11.8 Å². The average molecular weight is 441 g/mol. The lowest BCUT2D eigenvalue weighted by atomic mass is 10.0. The molecule has 156 valence electrons. The zero-order chi connectivity index (χ0) is 21.6. The second-order valence-electron chi connectivity index (χ2n) is 6.12. The number of carbonyl (C=O) groups is 3. The number of halogens is 2. The first-order valence-electron chi connectivity index (χ1n) is 9.03. The van der Waals surface area contributed by atoms with Crippen LogP contribution < -0.4 is 5.32 Å². The zero-order valence-electron chi connectivity index (χ0n) is 16.3. The highest BCUT2D eigenvalue weighted by Crippen LogP contribution is 2.30. The predicted octanol–water partition coefficient (Wildman–Crippen LogP) is 3.99. The second kappa shape index (κ2) is 10.3. The molecule has 2 amide bonds. The SMILES string of the molecule is CCOC(=O)[C@@H](c1cc(Cl)cc(Cl)c1)N(CC)C(=O)c1ccc(CNC(C)=O)o1. The van der Waals surface area contributed by atoms with Gasteiger partial charge in [-0.3, -0.25) is 9.59 Å². The average Bonchev–Trinajstić information content (AvgIpc) is 3.12. The van der Waals surface area contributed by atoms with Crippen molar-refractivity contribution in [2.24, 2.45) is 0 Å². The molecule has 0 aliphatic rings. The van der Waals surface area contributed by atoms with E-state index in [1.165, 1.54) is 24.0 Å². The van der Waals surface area contributed by atoms with Crippen LogP contribution in [-0.2, 0) is 20.9 Å². The standard InChI is InChI=1S/C20H22Cl2N2O5/c1-4-24(19(26)17-7-6-16(29-17)11-23-12(3)25)18(20(27)28-5-2)13-8-14(21)10-15(22)9-13/h6-10,18H,4-5,11H2,1-3H3,(H,23,25)/t18-/m1/s1. The van der Waals surface area contributed by atoms with Crippen LogP contribution in [0.4, 0.5) is 0 Å². The van der Waals surface area contributed by atoms with Gasteiger partial charge < -0.3 is 19.4 Å². The normalized spacial score (nSPS) is 11.6. The van der Waals surface area contributed by atoms with Crippen molar-refractivity contribution in [3.8, 4) is 0 Å². The molecule has 1 aromatic carbocycles. The molecule has 1 heterocycles. The van der Waals surface area contributed by atoms with Crippen LogP contribution in [0.25, 0.3) is 0 Å². The number of hydrogen-bond acceptors (Lipinski definition) is 5. The Morgan fingerprint density at radius 3 is 2.34 bits per heavy atom. The minimum absolute atomic E-state index is 0.0367. The molecule has 1 N–H and O–H groups in total. The monoisotopic (exact) mass is 440 g/mol. The number of benzene rings is 1. The summed E-state index contributed by atoms with van der Waals surface area (Å²) in [5, 5.41) is 3.26. The second-order valence-corrected chi connectivity index (χ2v) is 7.00. The number of nitrogens with one attached hydrogen (secondary N) is 1. The van der Waals surface area contributed by atoms with Gasteiger partial charge in [0.05, 0.1) is 13.2 Å². The Labute approximate surface area is 178 Å². The molecule has 2 rings (SSSR count). The molecule has 2 aromatic rings. The van der Waals surface area contributed by atoms with E-state index in [-0.39, 0.29) is 31.4 Å². The molecule has 0 saturated heterocycles. The first kappa shape index (κ1) is 22.8. The molecule has 29 heavy (non-hydrogen) atoms. The summed E-state index contributed by atoms with van der Waals surface area (Å²) in [5.74, 6) is -0.876. The van der Waals surface area contributed by atoms with Crippen LogP contribution in [0.1, 0.15) is 48.7 Å².